The van der Waals surface area contributed by atoms with Crippen molar-refractivity contribution in [2.24, 2.45) is 0 Å². The Bertz CT molecular complexity index is 492. The lowest BCUT2D eigenvalue weighted by atomic mass is 9.93. The highest BCUT2D eigenvalue weighted by Crippen LogP contribution is 2.18. The molecule has 0 heterocycles. The van der Waals surface area contributed by atoms with E-state index in [2.05, 4.69) is 10.6 Å². The number of aliphatic hydroxyl groups is 1. The van der Waals surface area contributed by atoms with Crippen LogP contribution in [0.2, 0.25) is 0 Å². The molecule has 0 bridgehead atoms. The van der Waals surface area contributed by atoms with Crippen LogP contribution in [-0.2, 0) is 4.79 Å². The molecule has 4 N–H and O–H groups in total. The Kier molecular flexibility index (Phi) is 5.16. The summed E-state index contributed by atoms with van der Waals surface area (Å²) in [6.45, 7) is 0. The monoisotopic (exact) mass is 292 g/mol. The van der Waals surface area contributed by atoms with Crippen LogP contribution in [0.1, 0.15) is 37.3 Å². The number of hydrogen-bond acceptors (Lipinski definition) is 3. The first-order valence-corrected chi connectivity index (χ1v) is 7.11. The van der Waals surface area contributed by atoms with Crippen LogP contribution in [0.25, 0.3) is 0 Å². The molecule has 0 aliphatic heterocycles. The molecule has 0 aromatic heterocycles. The minimum absolute atomic E-state index is 0.316. The Morgan fingerprint density at radius 3 is 2.43 bits per heavy atom. The molecule has 1 aromatic carbocycles. The summed E-state index contributed by atoms with van der Waals surface area (Å²) < 4.78 is 0. The van der Waals surface area contributed by atoms with Gasteiger partial charge < -0.3 is 20.8 Å². The summed E-state index contributed by atoms with van der Waals surface area (Å²) >= 11 is 0. The molecule has 3 atom stereocenters. The lowest BCUT2D eigenvalue weighted by molar-refractivity contribution is -0.139. The van der Waals surface area contributed by atoms with Crippen LogP contribution < -0.4 is 10.6 Å². The molecule has 1 aliphatic rings. The molecule has 1 aliphatic carbocycles. The molecule has 0 saturated heterocycles. The number of rotatable bonds is 4. The quantitative estimate of drug-likeness (QED) is 0.674. The fraction of sp³-hybridized carbons (Fsp3) is 0.467. The summed E-state index contributed by atoms with van der Waals surface area (Å²) in [6.07, 6.45) is 2.69. The number of nitrogens with one attached hydrogen (secondary N) is 2. The van der Waals surface area contributed by atoms with Gasteiger partial charge in [0.25, 0.3) is 0 Å². The minimum atomic E-state index is -1.12. The third-order valence-corrected chi connectivity index (χ3v) is 3.70. The number of benzene rings is 1. The third kappa shape index (κ3) is 4.19. The number of hydrogen-bond donors (Lipinski definition) is 4. The summed E-state index contributed by atoms with van der Waals surface area (Å²) in [6, 6.07) is 6.52. The zero-order valence-corrected chi connectivity index (χ0v) is 11.7. The Morgan fingerprint density at radius 2 is 1.81 bits per heavy atom. The second-order valence-electron chi connectivity index (χ2n) is 5.26. The Labute approximate surface area is 123 Å². The predicted molar refractivity (Wildman–Crippen MR) is 76.7 cm³/mol. The molecule has 114 valence electrons. The van der Waals surface area contributed by atoms with Crippen molar-refractivity contribution in [3.05, 3.63) is 35.9 Å². The van der Waals surface area contributed by atoms with Gasteiger partial charge >= 0.3 is 12.0 Å². The normalized spacial score (nSPS) is 23.1. The van der Waals surface area contributed by atoms with Gasteiger partial charge in [0.15, 0.2) is 6.04 Å². The molecule has 2 amide bonds. The van der Waals surface area contributed by atoms with Gasteiger partial charge in [-0.05, 0) is 18.4 Å². The molecule has 1 aromatic rings. The number of carbonyl (C=O) groups is 2. The van der Waals surface area contributed by atoms with Gasteiger partial charge in [0.2, 0.25) is 0 Å². The van der Waals surface area contributed by atoms with Gasteiger partial charge in [-0.15, -0.1) is 0 Å². The maximum Gasteiger partial charge on any atom is 0.330 e. The van der Waals surface area contributed by atoms with Crippen molar-refractivity contribution < 1.29 is 19.8 Å². The van der Waals surface area contributed by atoms with E-state index in [4.69, 9.17) is 0 Å². The van der Waals surface area contributed by atoms with Crippen molar-refractivity contribution in [2.45, 2.75) is 43.9 Å². The predicted octanol–water partition coefficient (Wildman–Crippen LogP) is 1.41. The molecule has 6 heteroatoms. The highest BCUT2D eigenvalue weighted by molar-refractivity contribution is 5.83. The highest BCUT2D eigenvalue weighted by atomic mass is 16.4. The SMILES string of the molecule is O=C(NC(C(=O)O)c1ccccc1)NC1CCCCC1O. The van der Waals surface area contributed by atoms with Crippen molar-refractivity contribution in [3.8, 4) is 0 Å². The van der Waals surface area contributed by atoms with Crippen LogP contribution in [0.3, 0.4) is 0 Å². The number of aliphatic carboxylic acids is 1. The van der Waals surface area contributed by atoms with Crippen LogP contribution in [0.5, 0.6) is 0 Å². The molecule has 2 rings (SSSR count). The maximum atomic E-state index is 11.9. The van der Waals surface area contributed by atoms with E-state index in [-0.39, 0.29) is 6.04 Å². The second-order valence-corrected chi connectivity index (χ2v) is 5.26. The van der Waals surface area contributed by atoms with Gasteiger partial charge in [-0.2, -0.15) is 0 Å². The van der Waals surface area contributed by atoms with E-state index >= 15 is 0 Å². The first-order valence-electron chi connectivity index (χ1n) is 7.11. The lowest BCUT2D eigenvalue weighted by Crippen LogP contribution is -2.50. The fourth-order valence-corrected chi connectivity index (χ4v) is 2.55. The van der Waals surface area contributed by atoms with Gasteiger partial charge in [0, 0.05) is 0 Å². The van der Waals surface area contributed by atoms with Crippen LogP contribution in [0.15, 0.2) is 30.3 Å². The van der Waals surface area contributed by atoms with Crippen LogP contribution >= 0.6 is 0 Å². The van der Waals surface area contributed by atoms with Gasteiger partial charge in [-0.25, -0.2) is 9.59 Å². The van der Waals surface area contributed by atoms with E-state index in [1.165, 1.54) is 0 Å². The zero-order chi connectivity index (χ0) is 15.2. The Hall–Kier alpha value is -2.08. The van der Waals surface area contributed by atoms with Crippen molar-refractivity contribution in [2.75, 3.05) is 0 Å². The summed E-state index contributed by atoms with van der Waals surface area (Å²) in [4.78, 5) is 23.2. The number of amides is 2. The van der Waals surface area contributed by atoms with Gasteiger partial charge in [-0.3, -0.25) is 0 Å². The molecule has 6 nitrogen and oxygen atoms in total. The van der Waals surface area contributed by atoms with Crippen LogP contribution in [-0.4, -0.2) is 34.4 Å². The maximum absolute atomic E-state index is 11.9. The molecular formula is C15H20N2O4. The number of carbonyl (C=O) groups excluding carboxylic acids is 1. The average Bonchev–Trinajstić information content (AvgIpc) is 2.48. The lowest BCUT2D eigenvalue weighted by Gasteiger charge is -2.29. The van der Waals surface area contributed by atoms with E-state index in [1.807, 2.05) is 0 Å². The Balaban J connectivity index is 1.97. The second kappa shape index (κ2) is 7.08. The molecule has 3 unspecified atom stereocenters. The van der Waals surface area contributed by atoms with Crippen molar-refractivity contribution in [1.29, 1.82) is 0 Å². The van der Waals surface area contributed by atoms with Gasteiger partial charge in [0.1, 0.15) is 0 Å². The third-order valence-electron chi connectivity index (χ3n) is 3.70. The van der Waals surface area contributed by atoms with E-state index in [0.717, 1.165) is 12.8 Å². The highest BCUT2D eigenvalue weighted by Gasteiger charge is 2.27. The number of carboxylic acid groups (broad SMARTS) is 1. The van der Waals surface area contributed by atoms with Crippen molar-refractivity contribution in [1.82, 2.24) is 10.6 Å². The molecule has 0 spiro atoms. The smallest absolute Gasteiger partial charge is 0.330 e. The van der Waals surface area contributed by atoms with Gasteiger partial charge in [0.05, 0.1) is 12.1 Å². The van der Waals surface area contributed by atoms with E-state index in [9.17, 15) is 19.8 Å². The average molecular weight is 292 g/mol. The molecular weight excluding hydrogens is 272 g/mol. The number of urea groups is 1. The summed E-state index contributed by atoms with van der Waals surface area (Å²) in [5.74, 6) is -1.12. The van der Waals surface area contributed by atoms with E-state index < -0.39 is 24.1 Å². The summed E-state index contributed by atoms with van der Waals surface area (Å²) in [7, 11) is 0. The topological polar surface area (TPSA) is 98.7 Å². The fourth-order valence-electron chi connectivity index (χ4n) is 2.55. The standard InChI is InChI=1S/C15H20N2O4/c18-12-9-5-4-8-11(12)16-15(21)17-13(14(19)20)10-6-2-1-3-7-10/h1-3,6-7,11-13,18H,4-5,8-9H2,(H,19,20)(H2,16,17,21). The van der Waals surface area contributed by atoms with E-state index in [1.54, 1.807) is 30.3 Å². The molecule has 0 radical (unpaired) electrons. The molecule has 1 saturated carbocycles. The van der Waals surface area contributed by atoms with Crippen molar-refractivity contribution in [3.63, 3.8) is 0 Å². The Morgan fingerprint density at radius 1 is 1.14 bits per heavy atom. The largest absolute Gasteiger partial charge is 0.479 e. The molecule has 21 heavy (non-hydrogen) atoms. The van der Waals surface area contributed by atoms with E-state index in [0.29, 0.717) is 18.4 Å². The number of carboxylic acids is 1. The zero-order valence-electron chi connectivity index (χ0n) is 11.7. The number of aliphatic hydroxyl groups excluding tert-OH is 1. The summed E-state index contributed by atoms with van der Waals surface area (Å²) in [5.41, 5.74) is 0.504. The van der Waals surface area contributed by atoms with Gasteiger partial charge in [-0.1, -0.05) is 43.2 Å². The minimum Gasteiger partial charge on any atom is -0.479 e. The molecule has 1 fully saturated rings. The first-order chi connectivity index (χ1) is 10.1. The van der Waals surface area contributed by atoms with Crippen LogP contribution in [0, 0.1) is 0 Å². The summed E-state index contributed by atoms with van der Waals surface area (Å²) in [5, 5.41) is 24.2. The first kappa shape index (κ1) is 15.3. The van der Waals surface area contributed by atoms with Crippen LogP contribution in [0.4, 0.5) is 4.79 Å². The van der Waals surface area contributed by atoms with Crippen molar-refractivity contribution >= 4 is 12.0 Å².